The fourth-order valence-electron chi connectivity index (χ4n) is 1.32. The van der Waals surface area contributed by atoms with Crippen LogP contribution in [0.25, 0.3) is 0 Å². The minimum absolute atomic E-state index is 0.260. The number of carbonyl (C=O) groups excluding carboxylic acids is 1. The van der Waals surface area contributed by atoms with Gasteiger partial charge in [-0.2, -0.15) is 0 Å². The van der Waals surface area contributed by atoms with Crippen LogP contribution in [-0.4, -0.2) is 34.5 Å². The van der Waals surface area contributed by atoms with Gasteiger partial charge in [0.2, 0.25) is 0 Å². The lowest BCUT2D eigenvalue weighted by Gasteiger charge is -2.17. The van der Waals surface area contributed by atoms with Crippen LogP contribution >= 0.6 is 0 Å². The maximum absolute atomic E-state index is 10.6. The summed E-state index contributed by atoms with van der Waals surface area (Å²) in [4.78, 5) is 10.6. The van der Waals surface area contributed by atoms with E-state index in [1.807, 2.05) is 0 Å². The first-order chi connectivity index (χ1) is 5.59. The highest BCUT2D eigenvalue weighted by atomic mass is 16.6. The summed E-state index contributed by atoms with van der Waals surface area (Å²) in [7, 11) is 0. The van der Waals surface area contributed by atoms with Crippen molar-refractivity contribution >= 4 is 5.97 Å². The predicted octanol–water partition coefficient (Wildman–Crippen LogP) is -0.176. The quantitative estimate of drug-likeness (QED) is 0.583. The SMILES string of the molecule is C[C@@H](O)C[C@@H](O)[C@H]1CCC(=O)O1. The van der Waals surface area contributed by atoms with E-state index in [-0.39, 0.29) is 12.4 Å². The molecule has 1 rings (SSSR count). The monoisotopic (exact) mass is 174 g/mol. The van der Waals surface area contributed by atoms with Gasteiger partial charge in [-0.1, -0.05) is 0 Å². The van der Waals surface area contributed by atoms with Gasteiger partial charge in [0, 0.05) is 12.8 Å². The van der Waals surface area contributed by atoms with E-state index in [1.165, 1.54) is 0 Å². The molecule has 1 heterocycles. The summed E-state index contributed by atoms with van der Waals surface area (Å²) in [6.07, 6.45) is -0.491. The van der Waals surface area contributed by atoms with Gasteiger partial charge in [0.05, 0.1) is 12.2 Å². The molecule has 1 aliphatic rings. The standard InChI is InChI=1S/C8H14O4/c1-5(9)4-6(10)7-2-3-8(11)12-7/h5-7,9-10H,2-4H2,1H3/t5-,6-,7-/m1/s1. The number of carbonyl (C=O) groups is 1. The summed E-state index contributed by atoms with van der Waals surface area (Å²) >= 11 is 0. The summed E-state index contributed by atoms with van der Waals surface area (Å²) in [6, 6.07) is 0. The first-order valence-corrected chi connectivity index (χ1v) is 4.15. The fourth-order valence-corrected chi connectivity index (χ4v) is 1.32. The molecule has 0 radical (unpaired) electrons. The number of hydrogen-bond donors (Lipinski definition) is 2. The summed E-state index contributed by atoms with van der Waals surface area (Å²) < 4.78 is 4.82. The number of aliphatic hydroxyl groups is 2. The molecule has 70 valence electrons. The molecule has 0 aromatic carbocycles. The van der Waals surface area contributed by atoms with Crippen molar-refractivity contribution in [1.29, 1.82) is 0 Å². The largest absolute Gasteiger partial charge is 0.460 e. The summed E-state index contributed by atoms with van der Waals surface area (Å²) in [5.74, 6) is -0.260. The zero-order valence-electron chi connectivity index (χ0n) is 7.06. The minimum atomic E-state index is -0.726. The van der Waals surface area contributed by atoms with Crippen molar-refractivity contribution in [3.63, 3.8) is 0 Å². The molecule has 1 saturated heterocycles. The second-order valence-electron chi connectivity index (χ2n) is 3.22. The Hall–Kier alpha value is -0.610. The molecule has 4 nitrogen and oxygen atoms in total. The molecule has 1 aliphatic heterocycles. The zero-order chi connectivity index (χ0) is 9.14. The van der Waals surface area contributed by atoms with Gasteiger partial charge < -0.3 is 14.9 Å². The van der Waals surface area contributed by atoms with Crippen molar-refractivity contribution in [3.8, 4) is 0 Å². The van der Waals surface area contributed by atoms with Gasteiger partial charge in [0.1, 0.15) is 6.10 Å². The topological polar surface area (TPSA) is 66.8 Å². The lowest BCUT2D eigenvalue weighted by molar-refractivity contribution is -0.146. The van der Waals surface area contributed by atoms with Gasteiger partial charge >= 0.3 is 5.97 Å². The number of hydrogen-bond acceptors (Lipinski definition) is 4. The van der Waals surface area contributed by atoms with E-state index in [4.69, 9.17) is 9.84 Å². The molecular formula is C8H14O4. The van der Waals surface area contributed by atoms with Gasteiger partial charge in [-0.05, 0) is 13.3 Å². The summed E-state index contributed by atoms with van der Waals surface area (Å²) in [5, 5.41) is 18.3. The van der Waals surface area contributed by atoms with E-state index in [0.717, 1.165) is 0 Å². The van der Waals surface area contributed by atoms with E-state index < -0.39 is 18.3 Å². The van der Waals surface area contributed by atoms with Crippen LogP contribution in [0, 0.1) is 0 Å². The Morgan fingerprint density at radius 3 is 2.75 bits per heavy atom. The molecule has 0 bridgehead atoms. The normalized spacial score (nSPS) is 28.2. The summed E-state index contributed by atoms with van der Waals surface area (Å²) in [6.45, 7) is 1.60. The molecule has 0 aliphatic carbocycles. The molecule has 0 aromatic heterocycles. The number of ether oxygens (including phenoxy) is 1. The Morgan fingerprint density at radius 2 is 2.33 bits per heavy atom. The Morgan fingerprint density at radius 1 is 1.67 bits per heavy atom. The number of rotatable bonds is 3. The van der Waals surface area contributed by atoms with Crippen LogP contribution < -0.4 is 0 Å². The maximum Gasteiger partial charge on any atom is 0.306 e. The van der Waals surface area contributed by atoms with Gasteiger partial charge in [-0.3, -0.25) is 4.79 Å². The first kappa shape index (κ1) is 9.48. The smallest absolute Gasteiger partial charge is 0.306 e. The lowest BCUT2D eigenvalue weighted by atomic mass is 10.1. The van der Waals surface area contributed by atoms with Crippen molar-refractivity contribution in [3.05, 3.63) is 0 Å². The molecule has 1 fully saturated rings. The highest BCUT2D eigenvalue weighted by Crippen LogP contribution is 2.19. The molecule has 0 aromatic rings. The van der Waals surface area contributed by atoms with Crippen LogP contribution in [0.2, 0.25) is 0 Å². The van der Waals surface area contributed by atoms with E-state index >= 15 is 0 Å². The van der Waals surface area contributed by atoms with E-state index in [9.17, 15) is 9.90 Å². The Labute approximate surface area is 71.2 Å². The molecule has 0 amide bonds. The molecule has 0 unspecified atom stereocenters. The van der Waals surface area contributed by atoms with E-state index in [2.05, 4.69) is 0 Å². The summed E-state index contributed by atoms with van der Waals surface area (Å²) in [5.41, 5.74) is 0. The van der Waals surface area contributed by atoms with Crippen LogP contribution in [-0.2, 0) is 9.53 Å². The second kappa shape index (κ2) is 3.87. The molecule has 3 atom stereocenters. The minimum Gasteiger partial charge on any atom is -0.460 e. The van der Waals surface area contributed by atoms with Crippen LogP contribution in [0.3, 0.4) is 0 Å². The van der Waals surface area contributed by atoms with Crippen LogP contribution in [0.15, 0.2) is 0 Å². The Balaban J connectivity index is 2.32. The number of cyclic esters (lactones) is 1. The van der Waals surface area contributed by atoms with Crippen molar-refractivity contribution < 1.29 is 19.7 Å². The molecule has 0 spiro atoms. The van der Waals surface area contributed by atoms with Gasteiger partial charge in [-0.15, -0.1) is 0 Å². The average molecular weight is 174 g/mol. The van der Waals surface area contributed by atoms with Crippen molar-refractivity contribution in [1.82, 2.24) is 0 Å². The third-order valence-electron chi connectivity index (χ3n) is 1.93. The third-order valence-corrected chi connectivity index (χ3v) is 1.93. The molecule has 0 saturated carbocycles. The molecule has 12 heavy (non-hydrogen) atoms. The molecule has 4 heteroatoms. The molecule has 2 N–H and O–H groups in total. The Kier molecular flexibility index (Phi) is 3.05. The zero-order valence-corrected chi connectivity index (χ0v) is 7.06. The van der Waals surface area contributed by atoms with Gasteiger partial charge in [0.15, 0.2) is 0 Å². The number of aliphatic hydroxyl groups excluding tert-OH is 2. The van der Waals surface area contributed by atoms with Crippen molar-refractivity contribution in [2.75, 3.05) is 0 Å². The van der Waals surface area contributed by atoms with Crippen LogP contribution in [0.5, 0.6) is 0 Å². The van der Waals surface area contributed by atoms with Crippen LogP contribution in [0.1, 0.15) is 26.2 Å². The Bertz CT molecular complexity index is 166. The highest BCUT2D eigenvalue weighted by molar-refractivity contribution is 5.71. The van der Waals surface area contributed by atoms with E-state index in [0.29, 0.717) is 12.8 Å². The molecular weight excluding hydrogens is 160 g/mol. The maximum atomic E-state index is 10.6. The lowest BCUT2D eigenvalue weighted by Crippen LogP contribution is -2.28. The highest BCUT2D eigenvalue weighted by Gasteiger charge is 2.30. The average Bonchev–Trinajstić information content (AvgIpc) is 2.34. The van der Waals surface area contributed by atoms with Crippen LogP contribution in [0.4, 0.5) is 0 Å². The first-order valence-electron chi connectivity index (χ1n) is 4.15. The number of esters is 1. The third kappa shape index (κ3) is 2.46. The van der Waals surface area contributed by atoms with Gasteiger partial charge in [-0.25, -0.2) is 0 Å². The van der Waals surface area contributed by atoms with Gasteiger partial charge in [0.25, 0.3) is 0 Å². The fraction of sp³-hybridized carbons (Fsp3) is 0.875. The van der Waals surface area contributed by atoms with Crippen molar-refractivity contribution in [2.45, 2.75) is 44.5 Å². The van der Waals surface area contributed by atoms with Crippen molar-refractivity contribution in [2.24, 2.45) is 0 Å². The second-order valence-corrected chi connectivity index (χ2v) is 3.22. The predicted molar refractivity (Wildman–Crippen MR) is 41.4 cm³/mol. The van der Waals surface area contributed by atoms with E-state index in [1.54, 1.807) is 6.92 Å².